The first kappa shape index (κ1) is 16.3. The van der Waals surface area contributed by atoms with Gasteiger partial charge in [0.05, 0.1) is 0 Å². The first-order chi connectivity index (χ1) is 6.83. The van der Waals surface area contributed by atoms with Gasteiger partial charge in [-0.25, -0.2) is 0 Å². The molecule has 0 aromatic carbocycles. The molecule has 0 rings (SSSR count). The molecule has 0 fully saturated rings. The SMILES string of the molecule is CCC[CH2][Sn]([F])([F])[O][Sn]([F])([F])[CH2]CCC. The Labute approximate surface area is 101 Å². The summed E-state index contributed by atoms with van der Waals surface area (Å²) in [5.41, 5.74) is 0. The van der Waals surface area contributed by atoms with Crippen LogP contribution in [0.3, 0.4) is 0 Å². The van der Waals surface area contributed by atoms with Gasteiger partial charge < -0.3 is 0 Å². The van der Waals surface area contributed by atoms with Gasteiger partial charge in [0.2, 0.25) is 0 Å². The predicted molar refractivity (Wildman–Crippen MR) is 56.5 cm³/mol. The monoisotopic (exact) mass is 446 g/mol. The van der Waals surface area contributed by atoms with Crippen LogP contribution in [-0.4, -0.2) is 39.9 Å². The zero-order valence-electron chi connectivity index (χ0n) is 9.16. The summed E-state index contributed by atoms with van der Waals surface area (Å²) in [6.45, 7) is 3.53. The second-order valence-corrected chi connectivity index (χ2v) is 18.2. The third-order valence-electron chi connectivity index (χ3n) is 1.94. The minimum absolute atomic E-state index is 0.304. The molecule has 0 spiro atoms. The third-order valence-corrected chi connectivity index (χ3v) is 20.4. The van der Waals surface area contributed by atoms with Crippen molar-refractivity contribution in [2.24, 2.45) is 0 Å². The standard InChI is InChI=1S/2C4H9.4FH.O.2Sn/c2*1-3-4-2;;;;;;;/h2*1,3-4H2,2H3;4*1H;;;/q;;;;;;;2*+2/p-4. The van der Waals surface area contributed by atoms with Crippen molar-refractivity contribution in [3.05, 3.63) is 0 Å². The van der Waals surface area contributed by atoms with Crippen molar-refractivity contribution in [2.45, 2.75) is 48.4 Å². The van der Waals surface area contributed by atoms with E-state index in [-0.39, 0.29) is 8.87 Å². The van der Waals surface area contributed by atoms with Crippen LogP contribution in [0.2, 0.25) is 8.87 Å². The molecule has 0 aliphatic heterocycles. The molecule has 1 nitrogen and oxygen atoms in total. The van der Waals surface area contributed by atoms with E-state index in [9.17, 15) is 11.5 Å². The number of unbranched alkanes of at least 4 members (excludes halogenated alkanes) is 2. The first-order valence-electron chi connectivity index (χ1n) is 5.29. The number of rotatable bonds is 8. The first-order valence-corrected chi connectivity index (χ1v) is 16.0. The van der Waals surface area contributed by atoms with Crippen molar-refractivity contribution in [3.8, 4) is 0 Å². The molecule has 0 atom stereocenters. The van der Waals surface area contributed by atoms with Crippen LogP contribution in [0.25, 0.3) is 0 Å². The van der Waals surface area contributed by atoms with Gasteiger partial charge in [-0.15, -0.1) is 0 Å². The Kier molecular flexibility index (Phi) is 8.22. The summed E-state index contributed by atoms with van der Waals surface area (Å²) in [6.07, 6.45) is 1.81. The van der Waals surface area contributed by atoms with Crippen molar-refractivity contribution in [1.82, 2.24) is 0 Å². The van der Waals surface area contributed by atoms with Crippen LogP contribution in [0.5, 0.6) is 0 Å². The molecule has 15 heavy (non-hydrogen) atoms. The van der Waals surface area contributed by atoms with Gasteiger partial charge in [0.15, 0.2) is 0 Å². The van der Waals surface area contributed by atoms with E-state index >= 15 is 0 Å². The zero-order chi connectivity index (χ0) is 11.9. The van der Waals surface area contributed by atoms with Gasteiger partial charge in [-0.3, -0.25) is 0 Å². The van der Waals surface area contributed by atoms with Crippen molar-refractivity contribution < 1.29 is 12.9 Å². The molecule has 0 N–H and O–H groups in total. The molecule has 0 bridgehead atoms. The van der Waals surface area contributed by atoms with Crippen molar-refractivity contribution in [3.63, 3.8) is 0 Å². The summed E-state index contributed by atoms with van der Waals surface area (Å²) in [4.78, 5) is 0. The van der Waals surface area contributed by atoms with E-state index in [0.717, 1.165) is 0 Å². The summed E-state index contributed by atoms with van der Waals surface area (Å²) in [5, 5.41) is 0. The van der Waals surface area contributed by atoms with Gasteiger partial charge in [-0.05, 0) is 0 Å². The van der Waals surface area contributed by atoms with Crippen molar-refractivity contribution >= 4 is 39.9 Å². The van der Waals surface area contributed by atoms with Crippen LogP contribution in [0.4, 0.5) is 11.5 Å². The van der Waals surface area contributed by atoms with Gasteiger partial charge >= 0.3 is 101 Å². The molecule has 0 aromatic rings. The van der Waals surface area contributed by atoms with E-state index in [1.54, 1.807) is 13.8 Å². The molecule has 92 valence electrons. The maximum atomic E-state index is 13.1. The van der Waals surface area contributed by atoms with Gasteiger partial charge in [0.25, 0.3) is 0 Å². The van der Waals surface area contributed by atoms with Crippen LogP contribution in [-0.2, 0) is 1.41 Å². The Bertz CT molecular complexity index is 160. The Morgan fingerprint density at radius 1 is 0.800 bits per heavy atom. The van der Waals surface area contributed by atoms with Gasteiger partial charge in [-0.2, -0.15) is 0 Å². The average Bonchev–Trinajstić information content (AvgIpc) is 2.10. The molecular formula is C8H18F4OSn2. The van der Waals surface area contributed by atoms with Gasteiger partial charge in [0.1, 0.15) is 0 Å². The molecule has 0 aliphatic carbocycles. The molecular weight excluding hydrogens is 426 g/mol. The molecule has 0 amide bonds. The average molecular weight is 444 g/mol. The fourth-order valence-corrected chi connectivity index (χ4v) is 19.6. The Balaban J connectivity index is 4.04. The third kappa shape index (κ3) is 9.02. The second kappa shape index (κ2) is 7.57. The van der Waals surface area contributed by atoms with E-state index in [1.807, 2.05) is 0 Å². The number of hydrogen-bond acceptors (Lipinski definition) is 1. The van der Waals surface area contributed by atoms with Gasteiger partial charge in [0, 0.05) is 0 Å². The summed E-state index contributed by atoms with van der Waals surface area (Å²) in [7, 11) is 0. The van der Waals surface area contributed by atoms with E-state index < -0.39 is 39.9 Å². The fraction of sp³-hybridized carbons (Fsp3) is 1.00. The fourth-order valence-electron chi connectivity index (χ4n) is 1.09. The van der Waals surface area contributed by atoms with Crippen LogP contribution in [0, 0.1) is 0 Å². The topological polar surface area (TPSA) is 9.23 Å². The van der Waals surface area contributed by atoms with Crippen LogP contribution in [0.1, 0.15) is 39.5 Å². The van der Waals surface area contributed by atoms with Crippen LogP contribution < -0.4 is 0 Å². The second-order valence-electron chi connectivity index (χ2n) is 3.58. The summed E-state index contributed by atoms with van der Waals surface area (Å²) >= 11 is -11.6. The quantitative estimate of drug-likeness (QED) is 0.400. The number of hydrogen-bond donors (Lipinski definition) is 0. The van der Waals surface area contributed by atoms with Crippen molar-refractivity contribution in [1.29, 1.82) is 0 Å². The van der Waals surface area contributed by atoms with E-state index in [0.29, 0.717) is 25.7 Å². The summed E-state index contributed by atoms with van der Waals surface area (Å²) < 4.78 is 55.6. The Morgan fingerprint density at radius 3 is 1.40 bits per heavy atom. The van der Waals surface area contributed by atoms with Crippen LogP contribution >= 0.6 is 0 Å². The zero-order valence-corrected chi connectivity index (χ0v) is 14.9. The molecule has 7 heteroatoms. The summed E-state index contributed by atoms with van der Waals surface area (Å²) in [5.74, 6) is 0. The molecule has 0 aromatic heterocycles. The Morgan fingerprint density at radius 2 is 1.13 bits per heavy atom. The van der Waals surface area contributed by atoms with E-state index in [1.165, 1.54) is 0 Å². The molecule has 0 saturated carbocycles. The Hall–Kier alpha value is 1.28. The molecule has 0 heterocycles. The van der Waals surface area contributed by atoms with E-state index in [2.05, 4.69) is 1.41 Å². The molecule has 0 unspecified atom stereocenters. The molecule has 0 radical (unpaired) electrons. The predicted octanol–water partition coefficient (Wildman–Crippen LogP) is 4.36. The molecule has 0 saturated heterocycles. The number of halogens is 4. The van der Waals surface area contributed by atoms with Crippen molar-refractivity contribution in [2.75, 3.05) is 0 Å². The normalized spacial score (nSPS) is 13.2. The van der Waals surface area contributed by atoms with E-state index in [4.69, 9.17) is 0 Å². The summed E-state index contributed by atoms with van der Waals surface area (Å²) in [6, 6.07) is 0. The minimum atomic E-state index is -5.81. The maximum absolute atomic E-state index is 13.1. The van der Waals surface area contributed by atoms with Gasteiger partial charge in [-0.1, -0.05) is 0 Å². The molecule has 0 aliphatic rings. The van der Waals surface area contributed by atoms with Crippen LogP contribution in [0.15, 0.2) is 0 Å².